The maximum atomic E-state index is 13.5. The normalized spacial score (nSPS) is 13.8. The molecule has 1 N–H and O–H groups in total. The molecule has 1 aliphatic rings. The molecule has 0 saturated heterocycles. The molecule has 0 unspecified atom stereocenters. The van der Waals surface area contributed by atoms with Gasteiger partial charge in [-0.2, -0.15) is 0 Å². The van der Waals surface area contributed by atoms with Crippen LogP contribution in [0.4, 0.5) is 0 Å². The lowest BCUT2D eigenvalue weighted by Crippen LogP contribution is -2.32. The lowest BCUT2D eigenvalue weighted by atomic mass is 10.1. The minimum atomic E-state index is -2.11. The second-order valence-electron chi connectivity index (χ2n) is 7.59. The quantitative estimate of drug-likeness (QED) is 0.370. The summed E-state index contributed by atoms with van der Waals surface area (Å²) in [6, 6.07) is 17.1. The molecule has 2 aromatic carbocycles. The molecule has 1 aromatic heterocycles. The molecule has 4 rings (SSSR count). The first-order valence-corrected chi connectivity index (χ1v) is 10.8. The summed E-state index contributed by atoms with van der Waals surface area (Å²) in [5, 5.41) is 8.65. The monoisotopic (exact) mass is 445 g/mol. The van der Waals surface area contributed by atoms with Crippen LogP contribution in [0.5, 0.6) is 5.75 Å². The van der Waals surface area contributed by atoms with Crippen molar-refractivity contribution in [1.29, 1.82) is 0 Å². The Kier molecular flexibility index (Phi) is 6.30. The number of amides is 1. The van der Waals surface area contributed by atoms with Gasteiger partial charge in [0.15, 0.2) is 0 Å². The van der Waals surface area contributed by atoms with Gasteiger partial charge < -0.3 is 19.2 Å². The highest BCUT2D eigenvalue weighted by molar-refractivity contribution is 5.95. The minimum absolute atomic E-state index is 0.172. The van der Waals surface area contributed by atoms with Crippen molar-refractivity contribution in [2.75, 3.05) is 6.61 Å². The van der Waals surface area contributed by atoms with Gasteiger partial charge in [0.05, 0.1) is 15.6 Å². The molecule has 1 aliphatic carbocycles. The SMILES string of the molecule is [2H]C([2H])(c1ccccc1OCCC#CCC(=O)O)N(C(=O)c1ccc(-c2ccco2)cc1)C1CC1. The fraction of sp³-hybridized carbons (Fsp3) is 0.259. The molecule has 0 spiro atoms. The zero-order valence-electron chi connectivity index (χ0n) is 20.0. The third kappa shape index (κ3) is 6.05. The topological polar surface area (TPSA) is 80.0 Å². The molecular weight excluding hydrogens is 418 g/mol. The van der Waals surface area contributed by atoms with Gasteiger partial charge in [-0.05, 0) is 43.2 Å². The van der Waals surface area contributed by atoms with Gasteiger partial charge in [0.2, 0.25) is 0 Å². The van der Waals surface area contributed by atoms with E-state index in [1.807, 2.05) is 6.07 Å². The fourth-order valence-corrected chi connectivity index (χ4v) is 3.25. The first-order chi connectivity index (χ1) is 16.9. The fourth-order valence-electron chi connectivity index (χ4n) is 3.25. The first-order valence-electron chi connectivity index (χ1n) is 11.8. The second kappa shape index (κ2) is 10.6. The largest absolute Gasteiger partial charge is 0.492 e. The molecule has 33 heavy (non-hydrogen) atoms. The van der Waals surface area contributed by atoms with E-state index >= 15 is 0 Å². The van der Waals surface area contributed by atoms with Crippen molar-refractivity contribution in [1.82, 2.24) is 4.90 Å². The van der Waals surface area contributed by atoms with Crippen LogP contribution in [0, 0.1) is 11.8 Å². The van der Waals surface area contributed by atoms with Crippen LogP contribution >= 0.6 is 0 Å². The molecule has 6 heteroatoms. The highest BCUT2D eigenvalue weighted by atomic mass is 16.5. The first kappa shape index (κ1) is 19.7. The van der Waals surface area contributed by atoms with E-state index < -0.39 is 18.4 Å². The summed E-state index contributed by atoms with van der Waals surface area (Å²) >= 11 is 0. The minimum Gasteiger partial charge on any atom is -0.492 e. The number of hydrogen-bond donors (Lipinski definition) is 1. The molecule has 168 valence electrons. The van der Waals surface area contributed by atoms with Crippen LogP contribution in [0.25, 0.3) is 11.3 Å². The molecule has 0 aliphatic heterocycles. The van der Waals surface area contributed by atoms with E-state index in [0.717, 1.165) is 18.4 Å². The molecule has 0 radical (unpaired) electrons. The van der Waals surface area contributed by atoms with Crippen LogP contribution in [0.2, 0.25) is 0 Å². The molecule has 0 bridgehead atoms. The summed E-state index contributed by atoms with van der Waals surface area (Å²) in [5.41, 5.74) is 1.48. The maximum absolute atomic E-state index is 13.5. The average Bonchev–Trinajstić information content (AvgIpc) is 3.51. The number of hydrogen-bond acceptors (Lipinski definition) is 4. The van der Waals surface area contributed by atoms with Crippen LogP contribution in [0.15, 0.2) is 71.3 Å². The van der Waals surface area contributed by atoms with Gasteiger partial charge in [-0.15, -0.1) is 0 Å². The summed E-state index contributed by atoms with van der Waals surface area (Å²) in [5.74, 6) is 4.91. The number of carboxylic acid groups (broad SMARTS) is 1. The number of benzene rings is 2. The molecule has 1 amide bonds. The second-order valence-corrected chi connectivity index (χ2v) is 7.59. The molecule has 1 heterocycles. The van der Waals surface area contributed by atoms with Crippen molar-refractivity contribution in [3.05, 3.63) is 78.1 Å². The Bertz CT molecular complexity index is 1240. The lowest BCUT2D eigenvalue weighted by Gasteiger charge is -2.24. The number of ether oxygens (including phenoxy) is 1. The Morgan fingerprint density at radius 1 is 1.09 bits per heavy atom. The highest BCUT2D eigenvalue weighted by Gasteiger charge is 2.33. The van der Waals surface area contributed by atoms with Gasteiger partial charge in [-0.3, -0.25) is 9.59 Å². The number of rotatable bonds is 9. The Hall–Kier alpha value is -3.98. The summed E-state index contributed by atoms with van der Waals surface area (Å²) < 4.78 is 29.1. The molecule has 1 fully saturated rings. The molecule has 0 atom stereocenters. The summed E-state index contributed by atoms with van der Waals surface area (Å²) in [6.45, 7) is -1.94. The molecule has 3 aromatic rings. The zero-order chi connectivity index (χ0) is 24.8. The van der Waals surface area contributed by atoms with Crippen molar-refractivity contribution in [2.24, 2.45) is 0 Å². The number of aliphatic carboxylic acids is 1. The average molecular weight is 446 g/mol. The van der Waals surface area contributed by atoms with Crippen LogP contribution in [0.1, 0.15) is 44.3 Å². The number of carboxylic acids is 1. The van der Waals surface area contributed by atoms with Gasteiger partial charge in [0, 0.05) is 35.6 Å². The highest BCUT2D eigenvalue weighted by Crippen LogP contribution is 2.32. The number of nitrogens with zero attached hydrogens (tertiary/aromatic N) is 1. The van der Waals surface area contributed by atoms with Crippen LogP contribution < -0.4 is 4.74 Å². The van der Waals surface area contributed by atoms with Crippen LogP contribution in [-0.2, 0) is 11.3 Å². The molecule has 1 saturated carbocycles. The summed E-state index contributed by atoms with van der Waals surface area (Å²) in [7, 11) is 0. The van der Waals surface area contributed by atoms with E-state index in [1.165, 1.54) is 4.90 Å². The van der Waals surface area contributed by atoms with Crippen molar-refractivity contribution in [3.8, 4) is 28.9 Å². The Balaban J connectivity index is 1.53. The number of para-hydroxylation sites is 1. The van der Waals surface area contributed by atoms with Crippen molar-refractivity contribution in [2.45, 2.75) is 38.2 Å². The van der Waals surface area contributed by atoms with Crippen LogP contribution in [-0.4, -0.2) is 34.5 Å². The zero-order valence-corrected chi connectivity index (χ0v) is 18.0. The third-order valence-corrected chi connectivity index (χ3v) is 5.05. The van der Waals surface area contributed by atoms with Gasteiger partial charge >= 0.3 is 5.97 Å². The number of furan rings is 1. The van der Waals surface area contributed by atoms with Crippen molar-refractivity contribution in [3.63, 3.8) is 0 Å². The molecular formula is C27H25NO5. The number of carbonyl (C=O) groups excluding carboxylic acids is 1. The van der Waals surface area contributed by atoms with E-state index in [4.69, 9.17) is 17.0 Å². The van der Waals surface area contributed by atoms with Crippen LogP contribution in [0.3, 0.4) is 0 Å². The predicted molar refractivity (Wildman–Crippen MR) is 124 cm³/mol. The van der Waals surface area contributed by atoms with Crippen molar-refractivity contribution < 1.29 is 26.6 Å². The smallest absolute Gasteiger partial charge is 0.315 e. The van der Waals surface area contributed by atoms with E-state index in [1.54, 1.807) is 60.9 Å². The van der Waals surface area contributed by atoms with E-state index in [-0.39, 0.29) is 24.6 Å². The maximum Gasteiger partial charge on any atom is 0.315 e. The van der Waals surface area contributed by atoms with E-state index in [9.17, 15) is 9.59 Å². The summed E-state index contributed by atoms with van der Waals surface area (Å²) in [4.78, 5) is 25.4. The van der Waals surface area contributed by atoms with Crippen molar-refractivity contribution >= 4 is 11.9 Å². The number of carbonyl (C=O) groups is 2. The van der Waals surface area contributed by atoms with Gasteiger partial charge in [-0.25, -0.2) is 0 Å². The standard InChI is InChI=1S/C27H25NO5/c29-26(30)10-2-1-5-17-32-25-8-4-3-7-22(25)19-28(23-15-16-23)27(31)21-13-11-20(12-14-21)24-9-6-18-33-24/h3-4,6-9,11-14,18,23H,5,10,15-17,19H2,(H,29,30)/i19D2. The third-order valence-electron chi connectivity index (χ3n) is 5.05. The molecule has 6 nitrogen and oxygen atoms in total. The Morgan fingerprint density at radius 3 is 2.58 bits per heavy atom. The summed E-state index contributed by atoms with van der Waals surface area (Å²) in [6.07, 6.45) is 3.12. The van der Waals surface area contributed by atoms with E-state index in [2.05, 4.69) is 11.8 Å². The lowest BCUT2D eigenvalue weighted by molar-refractivity contribution is -0.135. The van der Waals surface area contributed by atoms with E-state index in [0.29, 0.717) is 23.5 Å². The predicted octanol–water partition coefficient (Wildman–Crippen LogP) is 5.00. The van der Waals surface area contributed by atoms with Gasteiger partial charge in [0.1, 0.15) is 17.9 Å². The van der Waals surface area contributed by atoms with Gasteiger partial charge in [-0.1, -0.05) is 42.2 Å². The Morgan fingerprint density at radius 2 is 1.88 bits per heavy atom. The van der Waals surface area contributed by atoms with Gasteiger partial charge in [0.25, 0.3) is 5.91 Å². The Labute approximate surface area is 195 Å².